The van der Waals surface area contributed by atoms with Crippen molar-refractivity contribution in [2.24, 2.45) is 0 Å². The molecule has 2 atom stereocenters. The van der Waals surface area contributed by atoms with Crippen molar-refractivity contribution in [3.05, 3.63) is 0 Å². The maximum atomic E-state index is 11.8. The molecule has 0 aromatic rings. The van der Waals surface area contributed by atoms with E-state index >= 15 is 0 Å². The highest BCUT2D eigenvalue weighted by Gasteiger charge is 2.12. The maximum absolute atomic E-state index is 11.8. The van der Waals surface area contributed by atoms with Crippen LogP contribution in [0.15, 0.2) is 0 Å². The van der Waals surface area contributed by atoms with Crippen LogP contribution >= 0.6 is 0 Å². The quantitative estimate of drug-likeness (QED) is 0.0978. The van der Waals surface area contributed by atoms with E-state index < -0.39 is 12.1 Å². The molecule has 0 bridgehead atoms. The monoisotopic (exact) mass is 500 g/mol. The fourth-order valence-electron chi connectivity index (χ4n) is 4.20. The van der Waals surface area contributed by atoms with E-state index in [0.717, 1.165) is 70.6 Å². The van der Waals surface area contributed by atoms with Crippen LogP contribution in [0.2, 0.25) is 0 Å². The van der Waals surface area contributed by atoms with Crippen LogP contribution in [-0.2, 0) is 19.1 Å². The summed E-state index contributed by atoms with van der Waals surface area (Å²) in [5, 5.41) is 19.8. The lowest BCUT2D eigenvalue weighted by molar-refractivity contribution is -0.153. The molecule has 0 heterocycles. The summed E-state index contributed by atoms with van der Waals surface area (Å²) in [6.45, 7) is 4.46. The number of unbranched alkanes of at least 4 members (excludes halogenated alkanes) is 13. The van der Waals surface area contributed by atoms with Crippen LogP contribution in [-0.4, -0.2) is 47.6 Å². The topological polar surface area (TPSA) is 93.1 Å². The molecule has 6 nitrogen and oxygen atoms in total. The van der Waals surface area contributed by atoms with Gasteiger partial charge in [-0.2, -0.15) is 0 Å². The van der Waals surface area contributed by atoms with Gasteiger partial charge in [0.25, 0.3) is 0 Å². The Balaban J connectivity index is 3.41. The van der Waals surface area contributed by atoms with E-state index in [0.29, 0.717) is 12.8 Å². The standard InChI is InChI=1S/C29H56O6/c1-3-5-7-15-19-26(30)20-17-13-11-9-10-12-14-18-22-28(32)34-23-24-35-29(33)25-27(31)21-16-8-6-4-2/h26-27,30-31H,3-25H2,1-2H3. The lowest BCUT2D eigenvalue weighted by atomic mass is 10.0. The van der Waals surface area contributed by atoms with Crippen LogP contribution in [0.3, 0.4) is 0 Å². The van der Waals surface area contributed by atoms with Crippen molar-refractivity contribution in [3.8, 4) is 0 Å². The van der Waals surface area contributed by atoms with Gasteiger partial charge in [-0.05, 0) is 25.7 Å². The van der Waals surface area contributed by atoms with E-state index in [4.69, 9.17) is 9.47 Å². The Hall–Kier alpha value is -1.14. The van der Waals surface area contributed by atoms with E-state index in [1.807, 2.05) is 0 Å². The molecule has 0 aliphatic heterocycles. The van der Waals surface area contributed by atoms with Crippen LogP contribution < -0.4 is 0 Å². The number of carbonyl (C=O) groups is 2. The Morgan fingerprint density at radius 3 is 1.46 bits per heavy atom. The first-order valence-electron chi connectivity index (χ1n) is 14.7. The molecule has 0 spiro atoms. The highest BCUT2D eigenvalue weighted by atomic mass is 16.6. The largest absolute Gasteiger partial charge is 0.462 e. The molecule has 0 fully saturated rings. The summed E-state index contributed by atoms with van der Waals surface area (Å²) in [6.07, 6.45) is 20.3. The van der Waals surface area contributed by atoms with Gasteiger partial charge in [-0.1, -0.05) is 110 Å². The molecule has 0 rings (SSSR count). The van der Waals surface area contributed by atoms with E-state index in [-0.39, 0.29) is 31.7 Å². The summed E-state index contributed by atoms with van der Waals surface area (Å²) in [5.74, 6) is -0.687. The lowest BCUT2D eigenvalue weighted by Gasteiger charge is -2.10. The predicted octanol–water partition coefficient (Wildman–Crippen LogP) is 7.03. The minimum Gasteiger partial charge on any atom is -0.462 e. The van der Waals surface area contributed by atoms with Crippen molar-refractivity contribution in [1.82, 2.24) is 0 Å². The fraction of sp³-hybridized carbons (Fsp3) is 0.931. The molecular formula is C29H56O6. The molecule has 2 unspecified atom stereocenters. The third-order valence-electron chi connectivity index (χ3n) is 6.46. The third-order valence-corrected chi connectivity index (χ3v) is 6.46. The fourth-order valence-corrected chi connectivity index (χ4v) is 4.20. The summed E-state index contributed by atoms with van der Waals surface area (Å²) in [5.41, 5.74) is 0. The maximum Gasteiger partial charge on any atom is 0.308 e. The summed E-state index contributed by atoms with van der Waals surface area (Å²) in [4.78, 5) is 23.5. The molecule has 6 heteroatoms. The van der Waals surface area contributed by atoms with Gasteiger partial charge in [-0.15, -0.1) is 0 Å². The molecule has 0 saturated heterocycles. The van der Waals surface area contributed by atoms with Gasteiger partial charge in [0.05, 0.1) is 18.6 Å². The number of aliphatic hydroxyl groups is 2. The van der Waals surface area contributed by atoms with E-state index in [1.54, 1.807) is 0 Å². The molecular weight excluding hydrogens is 444 g/mol. The number of hydrogen-bond donors (Lipinski definition) is 2. The van der Waals surface area contributed by atoms with Gasteiger partial charge >= 0.3 is 11.9 Å². The zero-order chi connectivity index (χ0) is 26.0. The number of aliphatic hydroxyl groups excluding tert-OH is 2. The van der Waals surface area contributed by atoms with Crippen molar-refractivity contribution in [2.75, 3.05) is 13.2 Å². The SMILES string of the molecule is CCCCCCC(O)CCCCCCCCCCC(=O)OCCOC(=O)CC(O)CCCCCC. The van der Waals surface area contributed by atoms with Gasteiger partial charge in [0.2, 0.25) is 0 Å². The van der Waals surface area contributed by atoms with Crippen LogP contribution in [0.1, 0.15) is 149 Å². The summed E-state index contributed by atoms with van der Waals surface area (Å²) < 4.78 is 10.2. The first-order valence-corrected chi connectivity index (χ1v) is 14.7. The predicted molar refractivity (Wildman–Crippen MR) is 142 cm³/mol. The van der Waals surface area contributed by atoms with Crippen molar-refractivity contribution >= 4 is 11.9 Å². The molecule has 0 amide bonds. The normalized spacial score (nSPS) is 12.9. The van der Waals surface area contributed by atoms with Crippen LogP contribution in [0.25, 0.3) is 0 Å². The second kappa shape index (κ2) is 25.9. The van der Waals surface area contributed by atoms with E-state index in [1.165, 1.54) is 44.9 Å². The zero-order valence-corrected chi connectivity index (χ0v) is 22.9. The Morgan fingerprint density at radius 2 is 0.943 bits per heavy atom. The molecule has 0 radical (unpaired) electrons. The number of esters is 2. The molecule has 2 N–H and O–H groups in total. The number of hydrogen-bond acceptors (Lipinski definition) is 6. The first-order chi connectivity index (χ1) is 17.0. The molecule has 208 valence electrons. The van der Waals surface area contributed by atoms with Crippen molar-refractivity contribution < 1.29 is 29.3 Å². The van der Waals surface area contributed by atoms with Gasteiger partial charge in [0.15, 0.2) is 0 Å². The van der Waals surface area contributed by atoms with Gasteiger partial charge in [-0.3, -0.25) is 9.59 Å². The number of carbonyl (C=O) groups excluding carboxylic acids is 2. The lowest BCUT2D eigenvalue weighted by Crippen LogP contribution is -2.18. The Labute approximate surface area is 215 Å². The Kier molecular flexibility index (Phi) is 25.1. The van der Waals surface area contributed by atoms with E-state index in [2.05, 4.69) is 13.8 Å². The third kappa shape index (κ3) is 25.8. The van der Waals surface area contributed by atoms with Gasteiger partial charge in [-0.25, -0.2) is 0 Å². The van der Waals surface area contributed by atoms with Crippen LogP contribution in [0.5, 0.6) is 0 Å². The van der Waals surface area contributed by atoms with Gasteiger partial charge in [0.1, 0.15) is 13.2 Å². The summed E-state index contributed by atoms with van der Waals surface area (Å²) in [7, 11) is 0. The molecule has 0 aromatic carbocycles. The second-order valence-electron chi connectivity index (χ2n) is 10.0. The number of ether oxygens (including phenoxy) is 2. The minimum atomic E-state index is -0.653. The molecule has 0 saturated carbocycles. The molecule has 35 heavy (non-hydrogen) atoms. The van der Waals surface area contributed by atoms with Crippen molar-refractivity contribution in [2.45, 2.75) is 161 Å². The summed E-state index contributed by atoms with van der Waals surface area (Å²) >= 11 is 0. The zero-order valence-electron chi connectivity index (χ0n) is 22.9. The van der Waals surface area contributed by atoms with Crippen molar-refractivity contribution in [3.63, 3.8) is 0 Å². The number of rotatable bonds is 26. The van der Waals surface area contributed by atoms with Crippen LogP contribution in [0.4, 0.5) is 0 Å². The van der Waals surface area contributed by atoms with Crippen molar-refractivity contribution in [1.29, 1.82) is 0 Å². The van der Waals surface area contributed by atoms with Crippen LogP contribution in [0, 0.1) is 0 Å². The minimum absolute atomic E-state index is 0.00114. The highest BCUT2D eigenvalue weighted by molar-refractivity contribution is 5.70. The van der Waals surface area contributed by atoms with Gasteiger partial charge < -0.3 is 19.7 Å². The molecule has 0 aromatic heterocycles. The molecule has 0 aliphatic carbocycles. The average Bonchev–Trinajstić information content (AvgIpc) is 2.83. The van der Waals surface area contributed by atoms with E-state index in [9.17, 15) is 19.8 Å². The Bertz CT molecular complexity index is 482. The Morgan fingerprint density at radius 1 is 0.543 bits per heavy atom. The van der Waals surface area contributed by atoms with Gasteiger partial charge in [0, 0.05) is 6.42 Å². The second-order valence-corrected chi connectivity index (χ2v) is 10.0. The average molecular weight is 501 g/mol. The summed E-state index contributed by atoms with van der Waals surface area (Å²) in [6, 6.07) is 0. The highest BCUT2D eigenvalue weighted by Crippen LogP contribution is 2.14. The first kappa shape index (κ1) is 33.9. The smallest absolute Gasteiger partial charge is 0.308 e. The molecule has 0 aliphatic rings.